The van der Waals surface area contributed by atoms with Gasteiger partial charge in [-0.1, -0.05) is 37.6 Å². The maximum atomic E-state index is 11.8. The highest BCUT2D eigenvalue weighted by molar-refractivity contribution is 5.30. The summed E-state index contributed by atoms with van der Waals surface area (Å²) in [7, 11) is 0. The number of aliphatic hydroxyl groups is 12. The summed E-state index contributed by atoms with van der Waals surface area (Å²) >= 11 is 0. The largest absolute Gasteiger partial charge is 0.394 e. The topological polar surface area (TPSA) is 289 Å². The lowest BCUT2D eigenvalue weighted by Gasteiger charge is -2.61. The molecule has 0 bridgehead atoms. The fourth-order valence-electron chi connectivity index (χ4n) is 11.6. The van der Waals surface area contributed by atoms with Crippen LogP contribution in [-0.2, 0) is 23.7 Å². The van der Waals surface area contributed by atoms with Gasteiger partial charge in [0.15, 0.2) is 18.4 Å². The van der Waals surface area contributed by atoms with Crippen molar-refractivity contribution >= 4 is 0 Å². The molecule has 12 N–H and O–H groups in total. The van der Waals surface area contributed by atoms with E-state index in [0.29, 0.717) is 31.3 Å². The van der Waals surface area contributed by atoms with Crippen molar-refractivity contribution in [3.8, 4) is 0 Å². The quantitative estimate of drug-likeness (QED) is 0.0977. The number of ether oxygens (including phenoxy) is 5. The van der Waals surface area contributed by atoms with Gasteiger partial charge in [-0.3, -0.25) is 0 Å². The summed E-state index contributed by atoms with van der Waals surface area (Å²) in [6.07, 6.45) is -15.0. The Morgan fingerprint density at radius 3 is 2.09 bits per heavy atom. The van der Waals surface area contributed by atoms with Gasteiger partial charge in [0.05, 0.1) is 38.1 Å². The number of aliphatic hydroxyl groups excluding tert-OH is 11. The van der Waals surface area contributed by atoms with Crippen molar-refractivity contribution in [2.75, 3.05) is 19.8 Å². The third-order valence-corrected chi connectivity index (χ3v) is 14.8. The minimum absolute atomic E-state index is 0.00615. The molecule has 3 aliphatic heterocycles. The van der Waals surface area contributed by atoms with Crippen molar-refractivity contribution in [1.29, 1.82) is 0 Å². The number of hydrogen-bond acceptors (Lipinski definition) is 17. The average Bonchev–Trinajstić information content (AvgIpc) is 3.59. The predicted molar refractivity (Wildman–Crippen MR) is 186 cm³/mol. The molecular formula is C38H60O17. The van der Waals surface area contributed by atoms with Crippen molar-refractivity contribution in [2.45, 2.75) is 157 Å². The molecule has 0 radical (unpaired) electrons. The lowest BCUT2D eigenvalue weighted by molar-refractivity contribution is -0.334. The second kappa shape index (κ2) is 15.4. The zero-order chi connectivity index (χ0) is 39.9. The molecule has 17 nitrogen and oxygen atoms in total. The lowest BCUT2D eigenvalue weighted by atomic mass is 9.46. The highest BCUT2D eigenvalue weighted by Crippen LogP contribution is 2.69. The molecular weight excluding hydrogens is 728 g/mol. The van der Waals surface area contributed by atoms with Gasteiger partial charge in [-0.15, -0.1) is 0 Å². The van der Waals surface area contributed by atoms with Crippen molar-refractivity contribution in [3.05, 3.63) is 23.8 Å². The summed E-state index contributed by atoms with van der Waals surface area (Å²) in [5, 5.41) is 127. The Hall–Kier alpha value is -1.20. The third kappa shape index (κ3) is 6.78. The van der Waals surface area contributed by atoms with E-state index >= 15 is 0 Å². The summed E-state index contributed by atoms with van der Waals surface area (Å²) in [6.45, 7) is 6.73. The maximum absolute atomic E-state index is 11.8. The van der Waals surface area contributed by atoms with Crippen LogP contribution < -0.4 is 0 Å². The Labute approximate surface area is 319 Å². The molecule has 6 fully saturated rings. The molecule has 0 aromatic carbocycles. The zero-order valence-corrected chi connectivity index (χ0v) is 31.2. The second-order valence-electron chi connectivity index (χ2n) is 17.7. The van der Waals surface area contributed by atoms with Crippen molar-refractivity contribution in [2.24, 2.45) is 34.5 Å². The summed E-state index contributed by atoms with van der Waals surface area (Å²) in [6, 6.07) is 0. The fraction of sp³-hybridized carbons (Fsp3) is 0.895. The van der Waals surface area contributed by atoms with Crippen LogP contribution in [-0.4, -0.2) is 179 Å². The Morgan fingerprint density at radius 1 is 0.836 bits per heavy atom. The van der Waals surface area contributed by atoms with Crippen LogP contribution in [0.5, 0.6) is 0 Å². The normalized spacial score (nSPS) is 54.9. The van der Waals surface area contributed by atoms with E-state index in [0.717, 1.165) is 5.57 Å². The van der Waals surface area contributed by atoms with Gasteiger partial charge in [-0.05, 0) is 61.7 Å². The molecule has 314 valence electrons. The van der Waals surface area contributed by atoms with Crippen molar-refractivity contribution in [3.63, 3.8) is 0 Å². The van der Waals surface area contributed by atoms with E-state index in [2.05, 4.69) is 19.6 Å². The smallest absolute Gasteiger partial charge is 0.192 e. The van der Waals surface area contributed by atoms with Crippen LogP contribution in [0.2, 0.25) is 0 Å². The van der Waals surface area contributed by atoms with E-state index < -0.39 is 122 Å². The molecule has 3 saturated heterocycles. The van der Waals surface area contributed by atoms with E-state index in [4.69, 9.17) is 23.7 Å². The van der Waals surface area contributed by atoms with Gasteiger partial charge in [-0.2, -0.15) is 0 Å². The van der Waals surface area contributed by atoms with Crippen molar-refractivity contribution in [1.82, 2.24) is 0 Å². The summed E-state index contributed by atoms with van der Waals surface area (Å²) in [5.74, 6) is -2.23. The van der Waals surface area contributed by atoms with E-state index in [1.54, 1.807) is 0 Å². The standard InChI is InChI=1S/C38H60O17/c1-15(14-51-34-30(47)28(45)26(43)22(12-39)52-34)6-9-38(50)32(49)24-21(55-38)11-19-17-5-4-16-10-20(41)25(42)33(37(16,3)18(17)7-8-36(19,24)2)54-35-31(48)29(46)27(44)23(13-40)53-35/h4,17-35,39-50H,1,5-14H2,2-3H3/t17?,18?,19?,20-,21?,22-,23-,24?,25+,26-,27+,28+,29+,30-,31-,32+,33-,34-,35+,36+,37+,38?/m1/s1. The molecule has 0 aromatic rings. The van der Waals surface area contributed by atoms with Gasteiger partial charge in [0.2, 0.25) is 0 Å². The molecule has 4 aliphatic carbocycles. The SMILES string of the molecule is C=C(CCC1(O)OC2CC3C4CC=C5C[C@@H](O)[C@H](O)[C@@H](O[C@@H]6O[C@H](CO)[C@H](O)[C@H](O)[C@H]6O)[C@]5(C)C4CC[C@]3(C)C2[C@@H]1O)CO[C@@H]1O[C@H](CO)[C@@H](O)[C@H](O)[C@H]1O. The first-order valence-corrected chi connectivity index (χ1v) is 19.6. The van der Waals surface area contributed by atoms with E-state index in [1.807, 2.05) is 6.92 Å². The van der Waals surface area contributed by atoms with Crippen LogP contribution in [0, 0.1) is 34.5 Å². The van der Waals surface area contributed by atoms with Crippen LogP contribution in [0.3, 0.4) is 0 Å². The van der Waals surface area contributed by atoms with Crippen LogP contribution >= 0.6 is 0 Å². The number of fused-ring (bicyclic) bond motifs is 7. The molecule has 0 amide bonds. The van der Waals surface area contributed by atoms with Gasteiger partial charge in [-0.25, -0.2) is 0 Å². The van der Waals surface area contributed by atoms with Crippen LogP contribution in [0.15, 0.2) is 23.8 Å². The molecule has 3 heterocycles. The first kappa shape index (κ1) is 41.9. The summed E-state index contributed by atoms with van der Waals surface area (Å²) in [4.78, 5) is 0. The molecule has 6 unspecified atom stereocenters. The second-order valence-corrected chi connectivity index (χ2v) is 17.7. The van der Waals surface area contributed by atoms with Gasteiger partial charge in [0, 0.05) is 17.8 Å². The molecule has 22 atom stereocenters. The van der Waals surface area contributed by atoms with Crippen LogP contribution in [0.25, 0.3) is 0 Å². The minimum Gasteiger partial charge on any atom is -0.394 e. The predicted octanol–water partition coefficient (Wildman–Crippen LogP) is -3.10. The molecule has 17 heteroatoms. The lowest BCUT2D eigenvalue weighted by Crippen LogP contribution is -2.65. The average molecular weight is 789 g/mol. The Balaban J connectivity index is 1.02. The van der Waals surface area contributed by atoms with Crippen LogP contribution in [0.1, 0.15) is 58.8 Å². The van der Waals surface area contributed by atoms with Gasteiger partial charge >= 0.3 is 0 Å². The first-order valence-electron chi connectivity index (χ1n) is 19.6. The summed E-state index contributed by atoms with van der Waals surface area (Å²) < 4.78 is 29.3. The molecule has 55 heavy (non-hydrogen) atoms. The Morgan fingerprint density at radius 2 is 1.45 bits per heavy atom. The highest BCUT2D eigenvalue weighted by atomic mass is 16.7. The molecule has 7 aliphatic rings. The molecule has 3 saturated carbocycles. The van der Waals surface area contributed by atoms with E-state index in [-0.39, 0.29) is 49.5 Å². The molecule has 0 aromatic heterocycles. The fourth-order valence-corrected chi connectivity index (χ4v) is 11.6. The first-order chi connectivity index (χ1) is 25.9. The van der Waals surface area contributed by atoms with Gasteiger partial charge in [0.1, 0.15) is 61.0 Å². The van der Waals surface area contributed by atoms with Gasteiger partial charge < -0.3 is 85.0 Å². The summed E-state index contributed by atoms with van der Waals surface area (Å²) in [5.41, 5.74) is 0.129. The van der Waals surface area contributed by atoms with Crippen molar-refractivity contribution < 1.29 is 85.0 Å². The number of hydrogen-bond donors (Lipinski definition) is 12. The van der Waals surface area contributed by atoms with Crippen LogP contribution in [0.4, 0.5) is 0 Å². The van der Waals surface area contributed by atoms with E-state index in [9.17, 15) is 61.3 Å². The van der Waals surface area contributed by atoms with E-state index in [1.165, 1.54) is 0 Å². The van der Waals surface area contributed by atoms with Gasteiger partial charge in [0.25, 0.3) is 0 Å². The number of rotatable bonds is 10. The monoisotopic (exact) mass is 788 g/mol. The molecule has 7 rings (SSSR count). The number of allylic oxidation sites excluding steroid dienone is 1. The maximum Gasteiger partial charge on any atom is 0.192 e. The molecule has 0 spiro atoms. The highest BCUT2D eigenvalue weighted by Gasteiger charge is 2.70. The third-order valence-electron chi connectivity index (χ3n) is 14.8. The Bertz CT molecular complexity index is 1430. The Kier molecular flexibility index (Phi) is 11.8. The zero-order valence-electron chi connectivity index (χ0n) is 31.2. The minimum atomic E-state index is -1.87.